The topological polar surface area (TPSA) is 61.9 Å². The molecule has 0 radical (unpaired) electrons. The summed E-state index contributed by atoms with van der Waals surface area (Å²) in [5.41, 5.74) is 4.44. The number of imide groups is 1. The number of morpholine rings is 1. The first-order valence-corrected chi connectivity index (χ1v) is 11.3. The molecular weight excluding hydrogens is 426 g/mol. The van der Waals surface area contributed by atoms with Crippen LogP contribution >= 0.6 is 11.6 Å². The van der Waals surface area contributed by atoms with E-state index in [4.69, 9.17) is 16.3 Å². The Morgan fingerprint density at radius 3 is 2.34 bits per heavy atom. The lowest BCUT2D eigenvalue weighted by molar-refractivity contribution is -0.136. The van der Waals surface area contributed by atoms with Crippen LogP contribution in [0.15, 0.2) is 48.2 Å². The molecule has 2 aromatic rings. The second-order valence-electron chi connectivity index (χ2n) is 8.25. The minimum atomic E-state index is -0.292. The number of hydrogen-bond acceptors (Lipinski definition) is 5. The Hall–Kier alpha value is -2.67. The molecule has 0 atom stereocenters. The van der Waals surface area contributed by atoms with E-state index in [1.54, 1.807) is 24.3 Å². The Labute approximate surface area is 193 Å². The molecular formula is C25H28ClN3O3. The third-order valence-electron chi connectivity index (χ3n) is 6.04. The zero-order valence-electron chi connectivity index (χ0n) is 18.5. The Bertz CT molecular complexity index is 1040. The summed E-state index contributed by atoms with van der Waals surface area (Å²) in [7, 11) is 0. The first-order valence-electron chi connectivity index (χ1n) is 10.9. The zero-order chi connectivity index (χ0) is 22.7. The molecule has 1 saturated heterocycles. The number of nitrogens with one attached hydrogen (secondary N) is 1. The van der Waals surface area contributed by atoms with Gasteiger partial charge in [-0.05, 0) is 61.2 Å². The highest BCUT2D eigenvalue weighted by Gasteiger charge is 2.39. The van der Waals surface area contributed by atoms with E-state index in [2.05, 4.69) is 10.2 Å². The lowest BCUT2D eigenvalue weighted by Crippen LogP contribution is -2.39. The number of carbonyl (C=O) groups is 2. The Kier molecular flexibility index (Phi) is 6.94. The molecule has 0 aliphatic carbocycles. The number of hydrogen-bond donors (Lipinski definition) is 1. The second kappa shape index (κ2) is 9.86. The van der Waals surface area contributed by atoms with Gasteiger partial charge in [0.25, 0.3) is 11.8 Å². The third-order valence-corrected chi connectivity index (χ3v) is 6.29. The van der Waals surface area contributed by atoms with Gasteiger partial charge < -0.3 is 10.1 Å². The summed E-state index contributed by atoms with van der Waals surface area (Å²) in [5, 5.41) is 3.81. The number of anilines is 1. The average Bonchev–Trinajstić information content (AvgIpc) is 3.02. The molecule has 7 heteroatoms. The lowest BCUT2D eigenvalue weighted by Gasteiger charge is -2.27. The van der Waals surface area contributed by atoms with E-state index >= 15 is 0 Å². The van der Waals surface area contributed by atoms with Crippen LogP contribution in [-0.2, 0) is 14.3 Å². The molecule has 4 rings (SSSR count). The highest BCUT2D eigenvalue weighted by atomic mass is 35.5. The van der Waals surface area contributed by atoms with E-state index in [1.165, 1.54) is 10.5 Å². The first-order chi connectivity index (χ1) is 15.4. The van der Waals surface area contributed by atoms with Crippen LogP contribution in [0, 0.1) is 13.8 Å². The molecule has 0 saturated carbocycles. The lowest BCUT2D eigenvalue weighted by atomic mass is 10.0. The van der Waals surface area contributed by atoms with Crippen molar-refractivity contribution in [2.24, 2.45) is 0 Å². The fraction of sp³-hybridized carbons (Fsp3) is 0.360. The van der Waals surface area contributed by atoms with Gasteiger partial charge in [0.2, 0.25) is 0 Å². The Balaban J connectivity index is 1.57. The van der Waals surface area contributed by atoms with Crippen molar-refractivity contribution in [2.45, 2.75) is 20.3 Å². The van der Waals surface area contributed by atoms with Gasteiger partial charge >= 0.3 is 0 Å². The van der Waals surface area contributed by atoms with E-state index in [9.17, 15) is 9.59 Å². The van der Waals surface area contributed by atoms with Crippen LogP contribution in [0.25, 0.3) is 5.57 Å². The predicted molar refractivity (Wildman–Crippen MR) is 127 cm³/mol. The standard InChI is InChI=1S/C25H28ClN3O3/c1-17-4-9-21(16-18(17)2)27-23-22(19-5-7-20(26)8-6-19)24(30)29(25(23)31)11-3-10-28-12-14-32-15-13-28/h4-9,16,27H,3,10-15H2,1-2H3. The van der Waals surface area contributed by atoms with E-state index in [0.29, 0.717) is 28.4 Å². The molecule has 1 N–H and O–H groups in total. The normalized spacial score (nSPS) is 17.4. The fourth-order valence-corrected chi connectivity index (χ4v) is 4.15. The summed E-state index contributed by atoms with van der Waals surface area (Å²) in [6.45, 7) is 8.50. The summed E-state index contributed by atoms with van der Waals surface area (Å²) < 4.78 is 5.39. The van der Waals surface area contributed by atoms with Crippen LogP contribution < -0.4 is 5.32 Å². The van der Waals surface area contributed by atoms with Crippen LogP contribution in [0.5, 0.6) is 0 Å². The molecule has 2 aliphatic rings. The van der Waals surface area contributed by atoms with Gasteiger partial charge in [-0.1, -0.05) is 29.8 Å². The maximum atomic E-state index is 13.3. The maximum absolute atomic E-state index is 13.3. The molecule has 2 aromatic carbocycles. The molecule has 0 aromatic heterocycles. The first kappa shape index (κ1) is 22.5. The third kappa shape index (κ3) is 4.88. The molecule has 2 heterocycles. The average molecular weight is 454 g/mol. The molecule has 2 aliphatic heterocycles. The Morgan fingerprint density at radius 1 is 0.938 bits per heavy atom. The molecule has 2 amide bonds. The van der Waals surface area contributed by atoms with Gasteiger partial charge in [0.05, 0.1) is 18.8 Å². The van der Waals surface area contributed by atoms with E-state index in [1.807, 2.05) is 32.0 Å². The molecule has 32 heavy (non-hydrogen) atoms. The summed E-state index contributed by atoms with van der Waals surface area (Å²) in [6, 6.07) is 12.9. The maximum Gasteiger partial charge on any atom is 0.278 e. The van der Waals surface area contributed by atoms with Crippen LogP contribution in [0.4, 0.5) is 5.69 Å². The SMILES string of the molecule is Cc1ccc(NC2=C(c3ccc(Cl)cc3)C(=O)N(CCCN3CCOCC3)C2=O)cc1C. The van der Waals surface area contributed by atoms with Gasteiger partial charge in [-0.2, -0.15) is 0 Å². The van der Waals surface area contributed by atoms with Crippen molar-refractivity contribution >= 4 is 34.7 Å². The van der Waals surface area contributed by atoms with Crippen LogP contribution in [0.3, 0.4) is 0 Å². The van der Waals surface area contributed by atoms with Gasteiger partial charge in [0.15, 0.2) is 0 Å². The molecule has 0 spiro atoms. The van der Waals surface area contributed by atoms with Crippen LogP contribution in [0.1, 0.15) is 23.1 Å². The molecule has 168 valence electrons. The van der Waals surface area contributed by atoms with Gasteiger partial charge in [-0.25, -0.2) is 0 Å². The number of carbonyl (C=O) groups excluding carboxylic acids is 2. The van der Waals surface area contributed by atoms with Crippen molar-refractivity contribution in [3.05, 3.63) is 69.9 Å². The molecule has 0 bridgehead atoms. The van der Waals surface area contributed by atoms with Gasteiger partial charge in [-0.15, -0.1) is 0 Å². The number of amides is 2. The van der Waals surface area contributed by atoms with Crippen molar-refractivity contribution in [2.75, 3.05) is 44.7 Å². The number of nitrogens with zero attached hydrogens (tertiary/aromatic N) is 2. The van der Waals surface area contributed by atoms with Gasteiger partial charge in [0.1, 0.15) is 5.70 Å². The van der Waals surface area contributed by atoms with E-state index in [-0.39, 0.29) is 11.8 Å². The Morgan fingerprint density at radius 2 is 1.66 bits per heavy atom. The monoisotopic (exact) mass is 453 g/mol. The van der Waals surface area contributed by atoms with Crippen molar-refractivity contribution in [1.29, 1.82) is 0 Å². The summed E-state index contributed by atoms with van der Waals surface area (Å²) in [4.78, 5) is 30.3. The second-order valence-corrected chi connectivity index (χ2v) is 8.69. The quantitative estimate of drug-likeness (QED) is 0.645. The van der Waals surface area contributed by atoms with E-state index < -0.39 is 0 Å². The van der Waals surface area contributed by atoms with Crippen molar-refractivity contribution in [3.63, 3.8) is 0 Å². The predicted octanol–water partition coefficient (Wildman–Crippen LogP) is 3.87. The molecule has 1 fully saturated rings. The van der Waals surface area contributed by atoms with Crippen molar-refractivity contribution in [1.82, 2.24) is 9.80 Å². The van der Waals surface area contributed by atoms with Crippen molar-refractivity contribution in [3.8, 4) is 0 Å². The summed E-state index contributed by atoms with van der Waals surface area (Å²) in [5.74, 6) is -0.564. The summed E-state index contributed by atoms with van der Waals surface area (Å²) in [6.07, 6.45) is 0.725. The molecule has 6 nitrogen and oxygen atoms in total. The van der Waals surface area contributed by atoms with Gasteiger partial charge in [-0.3, -0.25) is 19.4 Å². The highest BCUT2D eigenvalue weighted by Crippen LogP contribution is 2.31. The number of halogens is 1. The van der Waals surface area contributed by atoms with Crippen LogP contribution in [0.2, 0.25) is 5.02 Å². The number of ether oxygens (including phenoxy) is 1. The molecule has 0 unspecified atom stereocenters. The van der Waals surface area contributed by atoms with Crippen LogP contribution in [-0.4, -0.2) is 61.0 Å². The van der Waals surface area contributed by atoms with E-state index in [0.717, 1.165) is 50.5 Å². The smallest absolute Gasteiger partial charge is 0.278 e. The van der Waals surface area contributed by atoms with Gasteiger partial charge in [0, 0.05) is 36.9 Å². The number of benzene rings is 2. The zero-order valence-corrected chi connectivity index (χ0v) is 19.2. The number of rotatable bonds is 7. The summed E-state index contributed by atoms with van der Waals surface area (Å²) >= 11 is 6.05. The number of aryl methyl sites for hydroxylation is 2. The minimum absolute atomic E-state index is 0.273. The fourth-order valence-electron chi connectivity index (χ4n) is 4.02. The largest absolute Gasteiger partial charge is 0.379 e. The highest BCUT2D eigenvalue weighted by molar-refractivity contribution is 6.36. The minimum Gasteiger partial charge on any atom is -0.379 e. The van der Waals surface area contributed by atoms with Crippen molar-refractivity contribution < 1.29 is 14.3 Å².